The third-order valence-corrected chi connectivity index (χ3v) is 7.42. The number of thioether (sulfide) groups is 1. The SMILES string of the molecule is CCOC(=O)C1C(CS(=O)(=O)c2ccccc2)NC(=O)NC1c1cccc(SC)c1. The Morgan fingerprint density at radius 3 is 2.50 bits per heavy atom. The number of urea groups is 1. The summed E-state index contributed by atoms with van der Waals surface area (Å²) in [5.41, 5.74) is 0.719. The predicted molar refractivity (Wildman–Crippen MR) is 115 cm³/mol. The fourth-order valence-corrected chi connectivity index (χ4v) is 5.53. The van der Waals surface area contributed by atoms with Gasteiger partial charge in [0, 0.05) is 4.90 Å². The zero-order valence-electron chi connectivity index (χ0n) is 16.7. The molecule has 0 radical (unpaired) electrons. The van der Waals surface area contributed by atoms with Gasteiger partial charge in [0.15, 0.2) is 9.84 Å². The minimum atomic E-state index is -3.74. The Hall–Kier alpha value is -2.52. The third-order valence-electron chi connectivity index (χ3n) is 4.91. The molecule has 30 heavy (non-hydrogen) atoms. The highest BCUT2D eigenvalue weighted by atomic mass is 32.2. The maximum Gasteiger partial charge on any atom is 0.315 e. The van der Waals surface area contributed by atoms with Gasteiger partial charge in [0.1, 0.15) is 5.92 Å². The molecule has 1 saturated heterocycles. The van der Waals surface area contributed by atoms with E-state index in [9.17, 15) is 18.0 Å². The largest absolute Gasteiger partial charge is 0.466 e. The van der Waals surface area contributed by atoms with E-state index < -0.39 is 45.6 Å². The zero-order chi connectivity index (χ0) is 21.7. The lowest BCUT2D eigenvalue weighted by Crippen LogP contribution is -2.60. The average molecular weight is 449 g/mol. The van der Waals surface area contributed by atoms with Gasteiger partial charge >= 0.3 is 12.0 Å². The number of carbonyl (C=O) groups excluding carboxylic acids is 2. The van der Waals surface area contributed by atoms with Gasteiger partial charge in [-0.3, -0.25) is 4.79 Å². The van der Waals surface area contributed by atoms with E-state index >= 15 is 0 Å². The highest BCUT2D eigenvalue weighted by Gasteiger charge is 2.45. The summed E-state index contributed by atoms with van der Waals surface area (Å²) in [6, 6.07) is 13.3. The van der Waals surface area contributed by atoms with E-state index in [1.54, 1.807) is 25.1 Å². The Kier molecular flexibility index (Phi) is 7.04. The summed E-state index contributed by atoms with van der Waals surface area (Å²) in [4.78, 5) is 26.4. The quantitative estimate of drug-likeness (QED) is 0.499. The second kappa shape index (κ2) is 9.53. The van der Waals surface area contributed by atoms with Gasteiger partial charge in [0.05, 0.1) is 29.3 Å². The lowest BCUT2D eigenvalue weighted by atomic mass is 9.86. The van der Waals surface area contributed by atoms with Gasteiger partial charge in [-0.1, -0.05) is 30.3 Å². The number of carbonyl (C=O) groups is 2. The van der Waals surface area contributed by atoms with Crippen molar-refractivity contribution in [1.29, 1.82) is 0 Å². The molecule has 1 heterocycles. The van der Waals surface area contributed by atoms with Crippen LogP contribution in [0.25, 0.3) is 0 Å². The van der Waals surface area contributed by atoms with Crippen LogP contribution in [0.1, 0.15) is 18.5 Å². The first-order valence-electron chi connectivity index (χ1n) is 9.51. The number of amides is 2. The van der Waals surface area contributed by atoms with Gasteiger partial charge < -0.3 is 15.4 Å². The second-order valence-corrected chi connectivity index (χ2v) is 9.76. The smallest absolute Gasteiger partial charge is 0.315 e. The molecule has 0 aliphatic carbocycles. The molecule has 0 bridgehead atoms. The summed E-state index contributed by atoms with van der Waals surface area (Å²) in [6.07, 6.45) is 1.93. The van der Waals surface area contributed by atoms with Gasteiger partial charge in [-0.15, -0.1) is 11.8 Å². The van der Waals surface area contributed by atoms with Crippen LogP contribution in [0, 0.1) is 5.92 Å². The molecule has 3 atom stereocenters. The molecule has 2 aromatic rings. The van der Waals surface area contributed by atoms with E-state index in [0.717, 1.165) is 10.5 Å². The molecule has 2 amide bonds. The van der Waals surface area contributed by atoms with Gasteiger partial charge in [0.2, 0.25) is 0 Å². The Balaban J connectivity index is 1.99. The van der Waals surface area contributed by atoms with Crippen LogP contribution in [0.2, 0.25) is 0 Å². The number of hydrogen-bond acceptors (Lipinski definition) is 6. The van der Waals surface area contributed by atoms with Crippen LogP contribution in [0.15, 0.2) is 64.4 Å². The van der Waals surface area contributed by atoms with Crippen molar-refractivity contribution in [2.45, 2.75) is 28.8 Å². The maximum atomic E-state index is 12.9. The van der Waals surface area contributed by atoms with E-state index in [4.69, 9.17) is 4.74 Å². The Labute approximate surface area is 180 Å². The highest BCUT2D eigenvalue weighted by molar-refractivity contribution is 7.98. The van der Waals surface area contributed by atoms with Crippen LogP contribution in [0.3, 0.4) is 0 Å². The molecule has 1 aliphatic rings. The number of ether oxygens (including phenoxy) is 1. The lowest BCUT2D eigenvalue weighted by Gasteiger charge is -2.38. The molecule has 0 aromatic heterocycles. The van der Waals surface area contributed by atoms with Crippen molar-refractivity contribution in [3.05, 3.63) is 60.2 Å². The Morgan fingerprint density at radius 1 is 1.10 bits per heavy atom. The van der Waals surface area contributed by atoms with Crippen molar-refractivity contribution in [3.8, 4) is 0 Å². The van der Waals surface area contributed by atoms with E-state index in [1.165, 1.54) is 23.9 Å². The van der Waals surface area contributed by atoms with Crippen LogP contribution in [0.5, 0.6) is 0 Å². The first-order valence-corrected chi connectivity index (χ1v) is 12.4. The van der Waals surface area contributed by atoms with Crippen LogP contribution in [-0.4, -0.2) is 45.1 Å². The molecular formula is C21H24N2O5S2. The van der Waals surface area contributed by atoms with E-state index in [1.807, 2.05) is 30.5 Å². The summed E-state index contributed by atoms with van der Waals surface area (Å²) >= 11 is 1.54. The molecule has 7 nitrogen and oxygen atoms in total. The molecular weight excluding hydrogens is 424 g/mol. The maximum absolute atomic E-state index is 12.9. The topological polar surface area (TPSA) is 102 Å². The second-order valence-electron chi connectivity index (χ2n) is 6.85. The predicted octanol–water partition coefficient (Wildman–Crippen LogP) is 2.78. The fourth-order valence-electron chi connectivity index (χ4n) is 3.53. The van der Waals surface area contributed by atoms with E-state index in [0.29, 0.717) is 0 Å². The number of benzene rings is 2. The number of hydrogen-bond donors (Lipinski definition) is 2. The normalized spacial score (nSPS) is 21.4. The van der Waals surface area contributed by atoms with Crippen LogP contribution in [0.4, 0.5) is 4.79 Å². The van der Waals surface area contributed by atoms with Crippen molar-refractivity contribution in [2.24, 2.45) is 5.92 Å². The Bertz CT molecular complexity index is 1010. The molecule has 9 heteroatoms. The number of nitrogens with one attached hydrogen (secondary N) is 2. The van der Waals surface area contributed by atoms with Crippen molar-refractivity contribution >= 4 is 33.6 Å². The molecule has 1 fully saturated rings. The fraction of sp³-hybridized carbons (Fsp3) is 0.333. The minimum absolute atomic E-state index is 0.140. The summed E-state index contributed by atoms with van der Waals surface area (Å²) in [6.45, 7) is 1.84. The first-order chi connectivity index (χ1) is 14.4. The molecule has 0 spiro atoms. The molecule has 3 rings (SSSR count). The summed E-state index contributed by atoms with van der Waals surface area (Å²) < 4.78 is 31.1. The van der Waals surface area contributed by atoms with Crippen LogP contribution < -0.4 is 10.6 Å². The van der Waals surface area contributed by atoms with Crippen LogP contribution >= 0.6 is 11.8 Å². The number of esters is 1. The molecule has 2 N–H and O–H groups in total. The first kappa shape index (κ1) is 22.2. The van der Waals surface area contributed by atoms with Crippen LogP contribution in [-0.2, 0) is 19.4 Å². The van der Waals surface area contributed by atoms with E-state index in [2.05, 4.69) is 10.6 Å². The van der Waals surface area contributed by atoms with Crippen molar-refractivity contribution < 1.29 is 22.7 Å². The number of sulfone groups is 1. The Morgan fingerprint density at radius 2 is 1.83 bits per heavy atom. The monoisotopic (exact) mass is 448 g/mol. The van der Waals surface area contributed by atoms with Gasteiger partial charge in [0.25, 0.3) is 0 Å². The van der Waals surface area contributed by atoms with Crippen molar-refractivity contribution in [1.82, 2.24) is 10.6 Å². The lowest BCUT2D eigenvalue weighted by molar-refractivity contribution is -0.150. The third kappa shape index (κ3) is 4.96. The molecule has 1 aliphatic heterocycles. The molecule has 3 unspecified atom stereocenters. The molecule has 160 valence electrons. The summed E-state index contributed by atoms with van der Waals surface area (Å²) in [5.74, 6) is -1.87. The molecule has 2 aromatic carbocycles. The summed E-state index contributed by atoms with van der Waals surface area (Å²) in [5, 5.41) is 5.40. The minimum Gasteiger partial charge on any atom is -0.466 e. The highest BCUT2D eigenvalue weighted by Crippen LogP contribution is 2.32. The average Bonchev–Trinajstić information content (AvgIpc) is 2.74. The van der Waals surface area contributed by atoms with Gasteiger partial charge in [-0.05, 0) is 43.0 Å². The number of rotatable bonds is 7. The molecule has 0 saturated carbocycles. The summed E-state index contributed by atoms with van der Waals surface area (Å²) in [7, 11) is -3.74. The van der Waals surface area contributed by atoms with E-state index in [-0.39, 0.29) is 11.5 Å². The van der Waals surface area contributed by atoms with Gasteiger partial charge in [-0.25, -0.2) is 13.2 Å². The van der Waals surface area contributed by atoms with Crippen molar-refractivity contribution in [2.75, 3.05) is 18.6 Å². The van der Waals surface area contributed by atoms with Gasteiger partial charge in [-0.2, -0.15) is 0 Å². The van der Waals surface area contributed by atoms with Crippen molar-refractivity contribution in [3.63, 3.8) is 0 Å². The standard InChI is InChI=1S/C21H24N2O5S2/c1-3-28-20(24)18-17(13-30(26,27)16-10-5-4-6-11-16)22-21(25)23-19(18)14-8-7-9-15(12-14)29-2/h4-12,17-19H,3,13H2,1-2H3,(H2,22,23,25). The zero-order valence-corrected chi connectivity index (χ0v) is 18.3.